The van der Waals surface area contributed by atoms with Crippen molar-refractivity contribution >= 4 is 17.4 Å². The maximum atomic E-state index is 11.6. The third kappa shape index (κ3) is 2.29. The molecule has 4 heteroatoms. The number of carbonyl (C=O) groups is 1. The summed E-state index contributed by atoms with van der Waals surface area (Å²) in [6.45, 7) is 2.04. The topological polar surface area (TPSA) is 34.9 Å². The molecule has 0 spiro atoms. The highest BCUT2D eigenvalue weighted by atomic mass is 35.5. The van der Waals surface area contributed by atoms with Crippen molar-refractivity contribution in [1.29, 1.82) is 0 Å². The largest absolute Gasteiger partial charge is 0.299 e. The van der Waals surface area contributed by atoms with Crippen LogP contribution in [0.5, 0.6) is 0 Å². The van der Waals surface area contributed by atoms with Gasteiger partial charge in [-0.2, -0.15) is 5.10 Å². The van der Waals surface area contributed by atoms with E-state index in [1.54, 1.807) is 4.68 Å². The summed E-state index contributed by atoms with van der Waals surface area (Å²) in [5.74, 6) is 0.730. The molecule has 1 aliphatic carbocycles. The van der Waals surface area contributed by atoms with Gasteiger partial charge >= 0.3 is 0 Å². The molecule has 0 unspecified atom stereocenters. The predicted molar refractivity (Wildman–Crippen MR) is 63.6 cm³/mol. The molecule has 1 heterocycles. The van der Waals surface area contributed by atoms with E-state index in [-0.39, 0.29) is 0 Å². The molecule has 0 saturated heterocycles. The van der Waals surface area contributed by atoms with E-state index in [9.17, 15) is 4.79 Å². The van der Waals surface area contributed by atoms with E-state index in [2.05, 4.69) is 5.10 Å². The van der Waals surface area contributed by atoms with Gasteiger partial charge in [-0.05, 0) is 25.7 Å². The molecule has 16 heavy (non-hydrogen) atoms. The molecule has 0 amide bonds. The summed E-state index contributed by atoms with van der Waals surface area (Å²) in [7, 11) is 1.89. The van der Waals surface area contributed by atoms with Crippen LogP contribution in [0.15, 0.2) is 0 Å². The fraction of sp³-hybridized carbons (Fsp3) is 0.667. The highest BCUT2D eigenvalue weighted by Gasteiger charge is 2.29. The average Bonchev–Trinajstić information content (AvgIpc) is 3.05. The molecule has 0 bridgehead atoms. The molecular formula is C12H17ClN2O. The van der Waals surface area contributed by atoms with Crippen molar-refractivity contribution in [3.8, 4) is 0 Å². The summed E-state index contributed by atoms with van der Waals surface area (Å²) in [6.07, 6.45) is 4.32. The van der Waals surface area contributed by atoms with Gasteiger partial charge in [0.05, 0.1) is 16.4 Å². The van der Waals surface area contributed by atoms with Crippen LogP contribution in [0.1, 0.15) is 37.6 Å². The normalized spacial score (nSPS) is 15.4. The van der Waals surface area contributed by atoms with Crippen molar-refractivity contribution in [3.05, 3.63) is 16.4 Å². The Morgan fingerprint density at radius 1 is 1.56 bits per heavy atom. The summed E-state index contributed by atoms with van der Waals surface area (Å²) in [4.78, 5) is 11.6. The molecule has 0 atom stereocenters. The molecular weight excluding hydrogens is 224 g/mol. The Hall–Kier alpha value is -0.830. The van der Waals surface area contributed by atoms with Gasteiger partial charge in [0.1, 0.15) is 5.78 Å². The summed E-state index contributed by atoms with van der Waals surface area (Å²) in [6, 6.07) is 0. The van der Waals surface area contributed by atoms with Crippen LogP contribution in [0, 0.1) is 5.92 Å². The van der Waals surface area contributed by atoms with Crippen LogP contribution in [0.4, 0.5) is 0 Å². The van der Waals surface area contributed by atoms with Gasteiger partial charge in [0.2, 0.25) is 0 Å². The lowest BCUT2D eigenvalue weighted by Gasteiger charge is -2.01. The van der Waals surface area contributed by atoms with E-state index in [0.717, 1.165) is 42.1 Å². The summed E-state index contributed by atoms with van der Waals surface area (Å²) < 4.78 is 1.81. The number of aromatic nitrogens is 2. The maximum absolute atomic E-state index is 11.6. The number of rotatable bonds is 5. The Bertz CT molecular complexity index is 407. The highest BCUT2D eigenvalue weighted by molar-refractivity contribution is 6.31. The van der Waals surface area contributed by atoms with Crippen LogP contribution < -0.4 is 0 Å². The van der Waals surface area contributed by atoms with Crippen molar-refractivity contribution in [2.24, 2.45) is 13.0 Å². The Morgan fingerprint density at radius 2 is 2.25 bits per heavy atom. The second kappa shape index (κ2) is 4.58. The van der Waals surface area contributed by atoms with Crippen LogP contribution >= 0.6 is 11.6 Å². The zero-order valence-corrected chi connectivity index (χ0v) is 10.5. The molecule has 88 valence electrons. The minimum Gasteiger partial charge on any atom is -0.299 e. The molecule has 0 aliphatic heterocycles. The molecule has 0 radical (unpaired) electrons. The number of halogens is 1. The van der Waals surface area contributed by atoms with E-state index in [1.807, 2.05) is 14.0 Å². The third-order valence-electron chi connectivity index (χ3n) is 3.14. The Balaban J connectivity index is 2.02. The summed E-state index contributed by atoms with van der Waals surface area (Å²) in [5.41, 5.74) is 1.92. The molecule has 1 fully saturated rings. The van der Waals surface area contributed by atoms with Crippen LogP contribution in [0.3, 0.4) is 0 Å². The van der Waals surface area contributed by atoms with E-state index < -0.39 is 0 Å². The molecule has 0 aromatic carbocycles. The van der Waals surface area contributed by atoms with Gasteiger partial charge in [0.25, 0.3) is 0 Å². The first-order valence-corrected chi connectivity index (χ1v) is 6.24. The molecule has 3 nitrogen and oxygen atoms in total. The molecule has 2 rings (SSSR count). The fourth-order valence-electron chi connectivity index (χ4n) is 1.94. The minimum absolute atomic E-state index is 0.345. The fourth-order valence-corrected chi connectivity index (χ4v) is 2.33. The first-order valence-electron chi connectivity index (χ1n) is 5.86. The summed E-state index contributed by atoms with van der Waals surface area (Å²) in [5, 5.41) is 5.08. The van der Waals surface area contributed by atoms with Crippen molar-refractivity contribution < 1.29 is 4.79 Å². The molecule has 1 saturated carbocycles. The second-order valence-corrected chi connectivity index (χ2v) is 4.80. The smallest absolute Gasteiger partial charge is 0.136 e. The predicted octanol–water partition coefficient (Wildman–Crippen LogP) is 2.55. The number of hydrogen-bond donors (Lipinski definition) is 0. The van der Waals surface area contributed by atoms with Crippen molar-refractivity contribution in [3.63, 3.8) is 0 Å². The van der Waals surface area contributed by atoms with Gasteiger partial charge in [-0.3, -0.25) is 9.48 Å². The van der Waals surface area contributed by atoms with E-state index in [1.165, 1.54) is 0 Å². The van der Waals surface area contributed by atoms with Crippen molar-refractivity contribution in [1.82, 2.24) is 9.78 Å². The van der Waals surface area contributed by atoms with Crippen LogP contribution in [-0.2, 0) is 24.7 Å². The zero-order chi connectivity index (χ0) is 11.7. The number of ketones is 1. The lowest BCUT2D eigenvalue weighted by molar-refractivity contribution is -0.120. The quantitative estimate of drug-likeness (QED) is 0.793. The van der Waals surface area contributed by atoms with E-state index in [4.69, 9.17) is 11.6 Å². The number of aryl methyl sites for hydroxylation is 2. The Morgan fingerprint density at radius 3 is 2.75 bits per heavy atom. The highest BCUT2D eigenvalue weighted by Crippen LogP contribution is 2.32. The van der Waals surface area contributed by atoms with Gasteiger partial charge in [-0.15, -0.1) is 0 Å². The number of carbonyl (C=O) groups excluding carboxylic acids is 1. The van der Waals surface area contributed by atoms with Crippen molar-refractivity contribution in [2.75, 3.05) is 0 Å². The molecule has 0 N–H and O–H groups in total. The average molecular weight is 241 g/mol. The minimum atomic E-state index is 0.345. The second-order valence-electron chi connectivity index (χ2n) is 4.43. The zero-order valence-electron chi connectivity index (χ0n) is 9.79. The SMILES string of the molecule is CCc1nn(C)c(CCC(=O)C2CC2)c1Cl. The first kappa shape index (κ1) is 11.6. The standard InChI is InChI=1S/C12H17ClN2O/c1-3-9-12(13)10(15(2)14-9)6-7-11(16)8-4-5-8/h8H,3-7H2,1-2H3. The van der Waals surface area contributed by atoms with Crippen LogP contribution in [-0.4, -0.2) is 15.6 Å². The number of nitrogens with zero attached hydrogens (tertiary/aromatic N) is 2. The van der Waals surface area contributed by atoms with Gasteiger partial charge in [0.15, 0.2) is 0 Å². The molecule has 1 aromatic heterocycles. The third-order valence-corrected chi connectivity index (χ3v) is 3.58. The summed E-state index contributed by atoms with van der Waals surface area (Å²) >= 11 is 6.21. The molecule has 1 aromatic rings. The van der Waals surface area contributed by atoms with E-state index >= 15 is 0 Å². The molecule has 1 aliphatic rings. The first-order chi connectivity index (χ1) is 7.63. The monoisotopic (exact) mass is 240 g/mol. The maximum Gasteiger partial charge on any atom is 0.136 e. The van der Waals surface area contributed by atoms with Crippen LogP contribution in [0.25, 0.3) is 0 Å². The van der Waals surface area contributed by atoms with E-state index in [0.29, 0.717) is 18.1 Å². The van der Waals surface area contributed by atoms with Gasteiger partial charge < -0.3 is 0 Å². The van der Waals surface area contributed by atoms with Crippen molar-refractivity contribution in [2.45, 2.75) is 39.0 Å². The lowest BCUT2D eigenvalue weighted by atomic mass is 10.1. The van der Waals surface area contributed by atoms with Gasteiger partial charge in [-0.25, -0.2) is 0 Å². The number of Topliss-reactive ketones (excluding diaryl/α,β-unsaturated/α-hetero) is 1. The van der Waals surface area contributed by atoms with Gasteiger partial charge in [-0.1, -0.05) is 18.5 Å². The van der Waals surface area contributed by atoms with Crippen LogP contribution in [0.2, 0.25) is 5.02 Å². The Kier molecular flexibility index (Phi) is 3.33. The lowest BCUT2D eigenvalue weighted by Crippen LogP contribution is -2.05. The Labute approximate surface area is 101 Å². The van der Waals surface area contributed by atoms with Gasteiger partial charge in [0, 0.05) is 19.4 Å². The number of hydrogen-bond acceptors (Lipinski definition) is 2.